The van der Waals surface area contributed by atoms with Gasteiger partial charge in [-0.1, -0.05) is 0 Å². The van der Waals surface area contributed by atoms with Gasteiger partial charge in [0.1, 0.15) is 6.61 Å². The van der Waals surface area contributed by atoms with E-state index in [-0.39, 0.29) is 0 Å². The van der Waals surface area contributed by atoms with E-state index in [1.54, 1.807) is 0 Å². The number of ether oxygens (including phenoxy) is 1. The van der Waals surface area contributed by atoms with Gasteiger partial charge in [-0.25, -0.2) is 0 Å². The molecule has 1 unspecified atom stereocenters. The largest absolute Gasteiger partial charge is 0.356 e. The minimum Gasteiger partial charge on any atom is -0.356 e. The van der Waals surface area contributed by atoms with Gasteiger partial charge >= 0.3 is 0 Å². The van der Waals surface area contributed by atoms with Crippen LogP contribution in [0.5, 0.6) is 0 Å². The Morgan fingerprint density at radius 1 is 2.00 bits per heavy atom. The van der Waals surface area contributed by atoms with Crippen LogP contribution in [0.3, 0.4) is 0 Å². The summed E-state index contributed by atoms with van der Waals surface area (Å²) in [5.74, 6) is 0. The molecule has 0 spiro atoms. The van der Waals surface area contributed by atoms with E-state index in [0.717, 1.165) is 0 Å². The molecule has 0 aromatic heterocycles. The first-order valence-corrected chi connectivity index (χ1v) is 1.74. The monoisotopic (exact) mass is 92.0 g/mol. The number of rotatable bonds is 0. The van der Waals surface area contributed by atoms with Crippen molar-refractivity contribution in [2.24, 2.45) is 0 Å². The molecule has 1 atom stereocenters. The minimum absolute atomic E-state index is 0.371. The van der Waals surface area contributed by atoms with Gasteiger partial charge in [0, 0.05) is 0 Å². The Morgan fingerprint density at radius 3 is 2.20 bits per heavy atom. The highest BCUT2D eigenvalue weighted by atomic mass is 32.1. The summed E-state index contributed by atoms with van der Waals surface area (Å²) >= 11 is 3.57. The van der Waals surface area contributed by atoms with Gasteiger partial charge in [0.15, 0.2) is 0 Å². The smallest absolute Gasteiger partial charge is 0.237 e. The molecular weight excluding hydrogens is 88.1 g/mol. The van der Waals surface area contributed by atoms with Crippen molar-refractivity contribution < 1.29 is 9.84 Å². The number of thiol groups is 1. The molecule has 0 aromatic carbocycles. The van der Waals surface area contributed by atoms with Crippen molar-refractivity contribution >= 4 is 12.6 Å². The average molecular weight is 92.1 g/mol. The number of hydrogen-bond acceptors (Lipinski definition) is 3. The van der Waals surface area contributed by atoms with Gasteiger partial charge in [0.05, 0.1) is 0 Å². The fourth-order valence-electron chi connectivity index (χ4n) is 0.0645. The minimum atomic E-state index is -1.06. The SMILES string of the molecule is OC1(S)CO1. The lowest BCUT2D eigenvalue weighted by atomic mass is 10.9. The number of aliphatic hydroxyl groups is 1. The molecule has 0 radical (unpaired) electrons. The van der Waals surface area contributed by atoms with E-state index in [9.17, 15) is 0 Å². The van der Waals surface area contributed by atoms with Crippen LogP contribution in [0.2, 0.25) is 0 Å². The van der Waals surface area contributed by atoms with Crippen LogP contribution in [-0.4, -0.2) is 16.8 Å². The first-order chi connectivity index (χ1) is 2.21. The van der Waals surface area contributed by atoms with Gasteiger partial charge in [0.25, 0.3) is 0 Å². The lowest BCUT2D eigenvalue weighted by Gasteiger charge is -1.80. The third kappa shape index (κ3) is 0.792. The molecule has 1 rings (SSSR count). The van der Waals surface area contributed by atoms with Crippen LogP contribution >= 0.6 is 12.6 Å². The Bertz CT molecular complexity index is 45.6. The molecule has 0 aromatic rings. The van der Waals surface area contributed by atoms with E-state index in [1.807, 2.05) is 0 Å². The van der Waals surface area contributed by atoms with Crippen molar-refractivity contribution in [1.82, 2.24) is 0 Å². The molecule has 1 fully saturated rings. The Balaban J connectivity index is 2.38. The molecule has 1 aliphatic rings. The Kier molecular flexibility index (Phi) is 0.462. The van der Waals surface area contributed by atoms with E-state index in [2.05, 4.69) is 17.4 Å². The predicted octanol–water partition coefficient (Wildman–Crippen LogP) is -0.407. The van der Waals surface area contributed by atoms with E-state index < -0.39 is 5.12 Å². The van der Waals surface area contributed by atoms with Crippen molar-refractivity contribution in [3.63, 3.8) is 0 Å². The van der Waals surface area contributed by atoms with E-state index in [0.29, 0.717) is 6.61 Å². The first-order valence-electron chi connectivity index (χ1n) is 1.29. The van der Waals surface area contributed by atoms with Crippen LogP contribution in [0.25, 0.3) is 0 Å². The molecule has 1 N–H and O–H groups in total. The normalized spacial score (nSPS) is 49.2. The number of hydrogen-bond donors (Lipinski definition) is 2. The summed E-state index contributed by atoms with van der Waals surface area (Å²) in [5, 5.41) is 7.22. The predicted molar refractivity (Wildman–Crippen MR) is 19.9 cm³/mol. The lowest BCUT2D eigenvalue weighted by molar-refractivity contribution is 0.125. The summed E-state index contributed by atoms with van der Waals surface area (Å²) in [6, 6.07) is 0. The highest BCUT2D eigenvalue weighted by molar-refractivity contribution is 7.81. The average Bonchev–Trinajstić information content (AvgIpc) is 1.76. The molecule has 0 saturated carbocycles. The summed E-state index contributed by atoms with van der Waals surface area (Å²) < 4.78 is 4.32. The zero-order valence-corrected chi connectivity index (χ0v) is 3.40. The molecular formula is C2H4O2S. The van der Waals surface area contributed by atoms with Gasteiger partial charge < -0.3 is 9.84 Å². The zero-order valence-electron chi connectivity index (χ0n) is 2.51. The molecule has 0 amide bonds. The van der Waals surface area contributed by atoms with Crippen LogP contribution in [0.4, 0.5) is 0 Å². The maximum absolute atomic E-state index is 8.27. The Hall–Kier alpha value is 0.270. The molecule has 1 saturated heterocycles. The Labute approximate surface area is 35.2 Å². The summed E-state index contributed by atoms with van der Waals surface area (Å²) in [7, 11) is 0. The van der Waals surface area contributed by atoms with Crippen LogP contribution in [0.1, 0.15) is 0 Å². The van der Waals surface area contributed by atoms with Gasteiger partial charge in [-0.05, 0) is 0 Å². The molecule has 1 heterocycles. The third-order valence-corrected chi connectivity index (χ3v) is 0.661. The molecule has 0 aliphatic carbocycles. The van der Waals surface area contributed by atoms with Gasteiger partial charge in [-0.3, -0.25) is 0 Å². The van der Waals surface area contributed by atoms with E-state index in [1.165, 1.54) is 0 Å². The van der Waals surface area contributed by atoms with Crippen LogP contribution in [-0.2, 0) is 4.74 Å². The number of epoxide rings is 1. The topological polar surface area (TPSA) is 32.8 Å². The Morgan fingerprint density at radius 2 is 2.20 bits per heavy atom. The second kappa shape index (κ2) is 0.668. The highest BCUT2D eigenvalue weighted by Crippen LogP contribution is 2.25. The third-order valence-electron chi connectivity index (χ3n) is 0.403. The van der Waals surface area contributed by atoms with Crippen LogP contribution in [0, 0.1) is 0 Å². The second-order valence-electron chi connectivity index (χ2n) is 1.03. The van der Waals surface area contributed by atoms with Crippen molar-refractivity contribution in [1.29, 1.82) is 0 Å². The molecule has 1 aliphatic heterocycles. The summed E-state index contributed by atoms with van der Waals surface area (Å²) in [5.41, 5.74) is 0. The lowest BCUT2D eigenvalue weighted by Crippen LogP contribution is -1.92. The second-order valence-corrected chi connectivity index (χ2v) is 1.73. The molecule has 0 bridgehead atoms. The molecule has 5 heavy (non-hydrogen) atoms. The van der Waals surface area contributed by atoms with Gasteiger partial charge in [0.2, 0.25) is 5.12 Å². The van der Waals surface area contributed by atoms with Crippen molar-refractivity contribution in [3.8, 4) is 0 Å². The quantitative estimate of drug-likeness (QED) is 0.242. The van der Waals surface area contributed by atoms with Crippen molar-refractivity contribution in [3.05, 3.63) is 0 Å². The summed E-state index contributed by atoms with van der Waals surface area (Å²) in [6.45, 7) is 0.371. The summed E-state index contributed by atoms with van der Waals surface area (Å²) in [6.07, 6.45) is 0. The van der Waals surface area contributed by atoms with Gasteiger partial charge in [-0.2, -0.15) is 0 Å². The van der Waals surface area contributed by atoms with Crippen molar-refractivity contribution in [2.45, 2.75) is 5.12 Å². The zero-order chi connectivity index (χ0) is 3.91. The molecule has 2 nitrogen and oxygen atoms in total. The van der Waals surface area contributed by atoms with E-state index >= 15 is 0 Å². The van der Waals surface area contributed by atoms with Crippen LogP contribution in [0.15, 0.2) is 0 Å². The van der Waals surface area contributed by atoms with Gasteiger partial charge in [-0.15, -0.1) is 12.6 Å². The van der Waals surface area contributed by atoms with Crippen molar-refractivity contribution in [2.75, 3.05) is 6.61 Å². The van der Waals surface area contributed by atoms with E-state index in [4.69, 9.17) is 5.11 Å². The maximum Gasteiger partial charge on any atom is 0.237 e. The highest BCUT2D eigenvalue weighted by Gasteiger charge is 2.37. The first kappa shape index (κ1) is 3.46. The molecule has 3 heteroatoms. The fourth-order valence-corrected chi connectivity index (χ4v) is 0.129. The fraction of sp³-hybridized carbons (Fsp3) is 1.00. The standard InChI is InChI=1S/C2H4O2S/c3-2(5)1-4-2/h3,5H,1H2. The molecule has 30 valence electrons. The summed E-state index contributed by atoms with van der Waals surface area (Å²) in [4.78, 5) is 0. The van der Waals surface area contributed by atoms with Crippen LogP contribution < -0.4 is 0 Å². The maximum atomic E-state index is 8.27.